The summed E-state index contributed by atoms with van der Waals surface area (Å²) >= 11 is 7.52. The van der Waals surface area contributed by atoms with Gasteiger partial charge in [-0.3, -0.25) is 14.4 Å². The highest BCUT2D eigenvalue weighted by Gasteiger charge is 2.77. The van der Waals surface area contributed by atoms with Gasteiger partial charge in [0, 0.05) is 15.5 Å². The summed E-state index contributed by atoms with van der Waals surface area (Å²) in [7, 11) is 0. The van der Waals surface area contributed by atoms with Crippen LogP contribution in [-0.2, 0) is 19.1 Å². The second kappa shape index (κ2) is 7.98. The summed E-state index contributed by atoms with van der Waals surface area (Å²) in [6.45, 7) is 5.42. The zero-order chi connectivity index (χ0) is 22.6. The maximum absolute atomic E-state index is 13.6. The number of esters is 1. The average Bonchev–Trinajstić information content (AvgIpc) is 3.30. The molecule has 7 nitrogen and oxygen atoms in total. The van der Waals surface area contributed by atoms with Gasteiger partial charge in [-0.1, -0.05) is 11.6 Å². The Morgan fingerprint density at radius 2 is 2.03 bits per heavy atom. The van der Waals surface area contributed by atoms with E-state index in [2.05, 4.69) is 5.32 Å². The molecule has 3 aliphatic rings. The van der Waals surface area contributed by atoms with Crippen molar-refractivity contribution in [2.45, 2.75) is 55.2 Å². The lowest BCUT2D eigenvalue weighted by Gasteiger charge is -2.35. The van der Waals surface area contributed by atoms with Gasteiger partial charge in [0.15, 0.2) is 0 Å². The number of nitrogens with one attached hydrogen (secondary N) is 1. The lowest BCUT2D eigenvalue weighted by molar-refractivity contribution is -0.155. The van der Waals surface area contributed by atoms with Gasteiger partial charge < -0.3 is 20.1 Å². The van der Waals surface area contributed by atoms with Crippen LogP contribution >= 0.6 is 23.4 Å². The molecule has 0 saturated carbocycles. The molecule has 9 heteroatoms. The molecule has 1 spiro atoms. The van der Waals surface area contributed by atoms with Crippen LogP contribution in [-0.4, -0.2) is 62.6 Å². The van der Waals surface area contributed by atoms with Crippen LogP contribution in [0.2, 0.25) is 5.02 Å². The summed E-state index contributed by atoms with van der Waals surface area (Å²) in [4.78, 5) is 41.6. The molecule has 2 amide bonds. The first-order chi connectivity index (χ1) is 14.7. The third kappa shape index (κ3) is 3.34. The molecule has 0 aliphatic carbocycles. The molecule has 3 heterocycles. The largest absolute Gasteiger partial charge is 0.466 e. The van der Waals surface area contributed by atoms with E-state index >= 15 is 0 Å². The fraction of sp³-hybridized carbons (Fsp3) is 0.591. The third-order valence-electron chi connectivity index (χ3n) is 6.85. The Balaban J connectivity index is 1.74. The van der Waals surface area contributed by atoms with Gasteiger partial charge in [-0.25, -0.2) is 0 Å². The van der Waals surface area contributed by atoms with E-state index in [1.165, 1.54) is 4.90 Å². The third-order valence-corrected chi connectivity index (χ3v) is 9.09. The number of anilines is 1. The highest BCUT2D eigenvalue weighted by Crippen LogP contribution is 2.71. The molecule has 2 bridgehead atoms. The Labute approximate surface area is 190 Å². The molecule has 1 aromatic rings. The van der Waals surface area contributed by atoms with Crippen molar-refractivity contribution >= 4 is 46.8 Å². The van der Waals surface area contributed by atoms with Gasteiger partial charge in [0.05, 0.1) is 35.8 Å². The van der Waals surface area contributed by atoms with Gasteiger partial charge in [0.1, 0.15) is 6.04 Å². The minimum Gasteiger partial charge on any atom is -0.466 e. The first kappa shape index (κ1) is 22.4. The van der Waals surface area contributed by atoms with E-state index in [9.17, 15) is 19.5 Å². The number of carbonyl (C=O) groups is 3. The van der Waals surface area contributed by atoms with Gasteiger partial charge >= 0.3 is 5.97 Å². The number of ether oxygens (including phenoxy) is 1. The smallest absolute Gasteiger partial charge is 0.311 e. The molecule has 3 fully saturated rings. The van der Waals surface area contributed by atoms with Crippen LogP contribution in [0.1, 0.15) is 33.6 Å². The van der Waals surface area contributed by atoms with E-state index in [0.29, 0.717) is 17.1 Å². The Morgan fingerprint density at radius 1 is 1.35 bits per heavy atom. The number of aliphatic hydroxyl groups excluding tert-OH is 1. The van der Waals surface area contributed by atoms with Crippen LogP contribution in [0.15, 0.2) is 24.3 Å². The standard InChI is InChI=1S/C22H27ClN2O5S/c1-4-30-20(29)16-15-19(28)25(12(2)11-26)17(22(15)10-9-21(16,3)31-22)18(27)24-14-7-5-13(23)6-8-14/h5-8,12,15-17,26H,4,9-11H2,1-3H3,(H,24,27)/t12-,15+,16+,17?,21-,22?/m1/s1. The summed E-state index contributed by atoms with van der Waals surface area (Å²) in [5, 5.41) is 13.3. The van der Waals surface area contributed by atoms with Crippen molar-refractivity contribution in [1.82, 2.24) is 4.90 Å². The van der Waals surface area contributed by atoms with Crippen molar-refractivity contribution < 1.29 is 24.2 Å². The van der Waals surface area contributed by atoms with Gasteiger partial charge in [0.25, 0.3) is 0 Å². The fourth-order valence-corrected chi connectivity index (χ4v) is 8.02. The number of hydrogen-bond donors (Lipinski definition) is 2. The number of thioether (sulfide) groups is 1. The molecule has 0 radical (unpaired) electrons. The van der Waals surface area contributed by atoms with Gasteiger partial charge in [0.2, 0.25) is 11.8 Å². The SMILES string of the molecule is CCOC(=O)[C@@H]1[C@H]2C(=O)N([C@H](C)CO)C(C(=O)Nc3ccc(Cl)cc3)C23CC[C@@]1(C)S3. The monoisotopic (exact) mass is 466 g/mol. The van der Waals surface area contributed by atoms with E-state index in [4.69, 9.17) is 16.3 Å². The van der Waals surface area contributed by atoms with Gasteiger partial charge in [-0.05, 0) is 57.9 Å². The highest BCUT2D eigenvalue weighted by molar-refractivity contribution is 8.02. The Kier molecular flexibility index (Phi) is 5.77. The van der Waals surface area contributed by atoms with Crippen molar-refractivity contribution in [2.24, 2.45) is 11.8 Å². The molecule has 1 aromatic carbocycles. The number of rotatable bonds is 6. The second-order valence-corrected chi connectivity index (χ2v) is 11.1. The molecule has 3 saturated heterocycles. The van der Waals surface area contributed by atoms with Crippen LogP contribution in [0.25, 0.3) is 0 Å². The molecule has 0 aromatic heterocycles. The van der Waals surface area contributed by atoms with E-state index < -0.39 is 33.4 Å². The van der Waals surface area contributed by atoms with Gasteiger partial charge in [-0.15, -0.1) is 11.8 Å². The first-order valence-corrected chi connectivity index (χ1v) is 11.7. The topological polar surface area (TPSA) is 95.9 Å². The second-order valence-electron chi connectivity index (χ2n) is 8.75. The van der Waals surface area contributed by atoms with Crippen molar-refractivity contribution in [2.75, 3.05) is 18.5 Å². The van der Waals surface area contributed by atoms with E-state index in [1.54, 1.807) is 49.9 Å². The van der Waals surface area contributed by atoms with E-state index in [1.807, 2.05) is 6.92 Å². The number of nitrogens with zero attached hydrogens (tertiary/aromatic N) is 1. The van der Waals surface area contributed by atoms with Crippen LogP contribution in [0.4, 0.5) is 5.69 Å². The van der Waals surface area contributed by atoms with E-state index in [0.717, 1.165) is 6.42 Å². The molecule has 168 valence electrons. The number of halogens is 1. The molecular formula is C22H27ClN2O5S. The number of aliphatic hydroxyl groups is 1. The summed E-state index contributed by atoms with van der Waals surface area (Å²) in [5.74, 6) is -2.22. The maximum Gasteiger partial charge on any atom is 0.311 e. The van der Waals surface area contributed by atoms with Crippen molar-refractivity contribution in [3.05, 3.63) is 29.3 Å². The molecule has 2 N–H and O–H groups in total. The highest BCUT2D eigenvalue weighted by atomic mass is 35.5. The normalized spacial score (nSPS) is 34.5. The molecule has 3 aliphatic heterocycles. The van der Waals surface area contributed by atoms with Crippen molar-refractivity contribution in [3.8, 4) is 0 Å². The first-order valence-electron chi connectivity index (χ1n) is 10.5. The summed E-state index contributed by atoms with van der Waals surface area (Å²) in [6.07, 6.45) is 1.37. The zero-order valence-corrected chi connectivity index (χ0v) is 19.3. The number of carbonyl (C=O) groups excluding carboxylic acids is 3. The van der Waals surface area contributed by atoms with Gasteiger partial charge in [-0.2, -0.15) is 0 Å². The lowest BCUT2D eigenvalue weighted by atomic mass is 9.66. The molecular weight excluding hydrogens is 440 g/mol. The number of benzene rings is 1. The summed E-state index contributed by atoms with van der Waals surface area (Å²) < 4.78 is 4.14. The Hall–Kier alpha value is -1.77. The number of likely N-dealkylation sites (tertiary alicyclic amines) is 1. The summed E-state index contributed by atoms with van der Waals surface area (Å²) in [6, 6.07) is 5.42. The number of fused-ring (bicyclic) bond motifs is 1. The lowest BCUT2D eigenvalue weighted by Crippen LogP contribution is -2.54. The Morgan fingerprint density at radius 3 is 2.65 bits per heavy atom. The maximum atomic E-state index is 13.6. The fourth-order valence-electron chi connectivity index (χ4n) is 5.56. The number of amides is 2. The molecule has 6 atom stereocenters. The Bertz CT molecular complexity index is 912. The predicted octanol–water partition coefficient (Wildman–Crippen LogP) is 2.70. The molecule has 31 heavy (non-hydrogen) atoms. The molecule has 2 unspecified atom stereocenters. The predicted molar refractivity (Wildman–Crippen MR) is 119 cm³/mol. The summed E-state index contributed by atoms with van der Waals surface area (Å²) in [5.41, 5.74) is 0.573. The number of hydrogen-bond acceptors (Lipinski definition) is 6. The van der Waals surface area contributed by atoms with Crippen LogP contribution in [0.5, 0.6) is 0 Å². The molecule has 4 rings (SSSR count). The quantitative estimate of drug-likeness (QED) is 0.626. The van der Waals surface area contributed by atoms with Crippen LogP contribution < -0.4 is 5.32 Å². The van der Waals surface area contributed by atoms with Crippen molar-refractivity contribution in [3.63, 3.8) is 0 Å². The average molecular weight is 467 g/mol. The van der Waals surface area contributed by atoms with Crippen molar-refractivity contribution in [1.29, 1.82) is 0 Å². The van der Waals surface area contributed by atoms with Crippen LogP contribution in [0.3, 0.4) is 0 Å². The minimum absolute atomic E-state index is 0.237. The van der Waals surface area contributed by atoms with Crippen LogP contribution in [0, 0.1) is 11.8 Å². The minimum atomic E-state index is -0.797. The van der Waals surface area contributed by atoms with E-state index in [-0.39, 0.29) is 31.0 Å². The zero-order valence-electron chi connectivity index (χ0n) is 17.8.